The first kappa shape index (κ1) is 22.2. The first-order chi connectivity index (χ1) is 14.9. The summed E-state index contributed by atoms with van der Waals surface area (Å²) in [6.07, 6.45) is 0. The van der Waals surface area contributed by atoms with Gasteiger partial charge in [0.15, 0.2) is 11.5 Å². The van der Waals surface area contributed by atoms with Gasteiger partial charge in [-0.2, -0.15) is 0 Å². The fourth-order valence-electron chi connectivity index (χ4n) is 3.47. The molecule has 2 aromatic carbocycles. The quantitative estimate of drug-likeness (QED) is 0.614. The van der Waals surface area contributed by atoms with Gasteiger partial charge in [-0.05, 0) is 42.7 Å². The van der Waals surface area contributed by atoms with Crippen molar-refractivity contribution in [3.05, 3.63) is 53.7 Å². The maximum absolute atomic E-state index is 13.3. The number of carbonyl (C=O) groups excluding carboxylic acids is 2. The lowest BCUT2D eigenvalue weighted by molar-refractivity contribution is -0.137. The lowest BCUT2D eigenvalue weighted by Crippen LogP contribution is -2.35. The minimum absolute atomic E-state index is 0.134. The number of hydrogen-bond donors (Lipinski definition) is 1. The molecule has 1 heterocycles. The van der Waals surface area contributed by atoms with E-state index in [-0.39, 0.29) is 29.0 Å². The van der Waals surface area contributed by atoms with Crippen LogP contribution in [0.25, 0.3) is 5.57 Å². The zero-order chi connectivity index (χ0) is 22.5. The molecular weight excluding hydrogens is 396 g/mol. The zero-order valence-corrected chi connectivity index (χ0v) is 18.5. The van der Waals surface area contributed by atoms with Crippen LogP contribution in [0, 0.1) is 5.92 Å². The lowest BCUT2D eigenvalue weighted by Gasteiger charge is -2.18. The molecule has 0 bridgehead atoms. The van der Waals surface area contributed by atoms with E-state index in [1.165, 1.54) is 12.0 Å². The van der Waals surface area contributed by atoms with Crippen molar-refractivity contribution in [1.29, 1.82) is 0 Å². The van der Waals surface area contributed by atoms with Crippen molar-refractivity contribution in [1.82, 2.24) is 4.90 Å². The molecule has 0 fully saturated rings. The Bertz CT molecular complexity index is 1010. The summed E-state index contributed by atoms with van der Waals surface area (Å²) < 4.78 is 16.4. The number of anilines is 1. The van der Waals surface area contributed by atoms with Gasteiger partial charge < -0.3 is 19.5 Å². The van der Waals surface area contributed by atoms with Crippen LogP contribution in [-0.2, 0) is 9.59 Å². The number of nitrogens with one attached hydrogen (secondary N) is 1. The second-order valence-electron chi connectivity index (χ2n) is 7.49. The van der Waals surface area contributed by atoms with Crippen molar-refractivity contribution in [2.45, 2.75) is 20.8 Å². The highest BCUT2D eigenvalue weighted by Gasteiger charge is 2.39. The fourth-order valence-corrected chi connectivity index (χ4v) is 3.47. The minimum atomic E-state index is -0.366. The van der Waals surface area contributed by atoms with E-state index in [0.717, 1.165) is 0 Å². The molecule has 1 aliphatic heterocycles. The number of carbonyl (C=O) groups is 2. The molecule has 2 amide bonds. The smallest absolute Gasteiger partial charge is 0.278 e. The van der Waals surface area contributed by atoms with Crippen molar-refractivity contribution >= 4 is 23.1 Å². The molecule has 31 heavy (non-hydrogen) atoms. The van der Waals surface area contributed by atoms with Crippen molar-refractivity contribution in [2.24, 2.45) is 5.92 Å². The average molecular weight is 424 g/mol. The summed E-state index contributed by atoms with van der Waals surface area (Å²) in [7, 11) is 3.07. The number of benzene rings is 2. The molecule has 1 aliphatic rings. The second kappa shape index (κ2) is 9.55. The van der Waals surface area contributed by atoms with Gasteiger partial charge in [0.1, 0.15) is 11.4 Å². The Morgan fingerprint density at radius 2 is 1.65 bits per heavy atom. The molecule has 7 nitrogen and oxygen atoms in total. The Morgan fingerprint density at radius 1 is 0.935 bits per heavy atom. The van der Waals surface area contributed by atoms with Crippen molar-refractivity contribution in [3.63, 3.8) is 0 Å². The van der Waals surface area contributed by atoms with E-state index in [9.17, 15) is 9.59 Å². The van der Waals surface area contributed by atoms with Crippen molar-refractivity contribution in [2.75, 3.05) is 32.7 Å². The summed E-state index contributed by atoms with van der Waals surface area (Å²) in [5, 5.41) is 3.16. The summed E-state index contributed by atoms with van der Waals surface area (Å²) in [4.78, 5) is 27.9. The molecule has 0 saturated heterocycles. The summed E-state index contributed by atoms with van der Waals surface area (Å²) in [5.74, 6) is 1.04. The normalized spacial score (nSPS) is 13.8. The van der Waals surface area contributed by atoms with Gasteiger partial charge in [-0.3, -0.25) is 14.5 Å². The third-order valence-electron chi connectivity index (χ3n) is 4.83. The molecule has 3 rings (SSSR count). The van der Waals surface area contributed by atoms with Gasteiger partial charge in [-0.25, -0.2) is 0 Å². The second-order valence-corrected chi connectivity index (χ2v) is 7.49. The molecule has 164 valence electrons. The molecular formula is C24H28N2O5. The molecule has 0 saturated carbocycles. The maximum Gasteiger partial charge on any atom is 0.278 e. The highest BCUT2D eigenvalue weighted by molar-refractivity contribution is 6.36. The third-order valence-corrected chi connectivity index (χ3v) is 4.83. The molecule has 0 spiro atoms. The monoisotopic (exact) mass is 424 g/mol. The molecule has 7 heteroatoms. The van der Waals surface area contributed by atoms with Crippen LogP contribution >= 0.6 is 0 Å². The van der Waals surface area contributed by atoms with Gasteiger partial charge in [-0.1, -0.05) is 32.0 Å². The number of amides is 2. The highest BCUT2D eigenvalue weighted by Crippen LogP contribution is 2.37. The van der Waals surface area contributed by atoms with Crippen LogP contribution in [0.15, 0.2) is 48.2 Å². The van der Waals surface area contributed by atoms with Gasteiger partial charge in [0.05, 0.1) is 32.1 Å². The molecule has 0 unspecified atom stereocenters. The molecule has 0 aliphatic carbocycles. The number of ether oxygens (including phenoxy) is 3. The third kappa shape index (κ3) is 4.50. The van der Waals surface area contributed by atoms with E-state index in [4.69, 9.17) is 14.2 Å². The standard InChI is InChI=1S/C24H28N2O5/c1-6-31-18-10-8-7-9-17(18)25-22-21(23(27)26(24(22)28)14-15(2)3)16-11-12-19(29-4)20(13-16)30-5/h7-13,15,25H,6,14H2,1-5H3. The molecule has 0 radical (unpaired) electrons. The number of imide groups is 1. The fraction of sp³-hybridized carbons (Fsp3) is 0.333. The highest BCUT2D eigenvalue weighted by atomic mass is 16.5. The topological polar surface area (TPSA) is 77.1 Å². The first-order valence-corrected chi connectivity index (χ1v) is 10.2. The van der Waals surface area contributed by atoms with Gasteiger partial charge in [0.2, 0.25) is 0 Å². The van der Waals surface area contributed by atoms with Gasteiger partial charge in [0.25, 0.3) is 11.8 Å². The van der Waals surface area contributed by atoms with E-state index < -0.39 is 0 Å². The zero-order valence-electron chi connectivity index (χ0n) is 18.5. The van der Waals surface area contributed by atoms with Crippen molar-refractivity contribution < 1.29 is 23.8 Å². The summed E-state index contributed by atoms with van der Waals surface area (Å²) in [6.45, 7) is 6.62. The van der Waals surface area contributed by atoms with Gasteiger partial charge in [-0.15, -0.1) is 0 Å². The van der Waals surface area contributed by atoms with Crippen LogP contribution < -0.4 is 19.5 Å². The summed E-state index contributed by atoms with van der Waals surface area (Å²) in [5.41, 5.74) is 1.69. The first-order valence-electron chi connectivity index (χ1n) is 10.2. The van der Waals surface area contributed by atoms with E-state index in [0.29, 0.717) is 41.7 Å². The van der Waals surface area contributed by atoms with E-state index in [1.807, 2.05) is 45.0 Å². The number of nitrogens with zero attached hydrogens (tertiary/aromatic N) is 1. The Labute approximate surface area is 182 Å². The van der Waals surface area contributed by atoms with E-state index in [1.54, 1.807) is 25.3 Å². The Morgan fingerprint density at radius 3 is 2.29 bits per heavy atom. The predicted molar refractivity (Wildman–Crippen MR) is 119 cm³/mol. The van der Waals surface area contributed by atoms with Crippen LogP contribution in [0.3, 0.4) is 0 Å². The van der Waals surface area contributed by atoms with Crippen LogP contribution in [0.5, 0.6) is 17.2 Å². The van der Waals surface area contributed by atoms with E-state index in [2.05, 4.69) is 5.32 Å². The number of hydrogen-bond acceptors (Lipinski definition) is 6. The Kier molecular flexibility index (Phi) is 6.84. The molecule has 1 N–H and O–H groups in total. The van der Waals surface area contributed by atoms with Crippen LogP contribution in [0.1, 0.15) is 26.3 Å². The number of methoxy groups -OCH3 is 2. The van der Waals surface area contributed by atoms with Crippen LogP contribution in [0.2, 0.25) is 0 Å². The van der Waals surface area contributed by atoms with Gasteiger partial charge in [0, 0.05) is 6.54 Å². The summed E-state index contributed by atoms with van der Waals surface area (Å²) in [6, 6.07) is 12.5. The summed E-state index contributed by atoms with van der Waals surface area (Å²) >= 11 is 0. The lowest BCUT2D eigenvalue weighted by atomic mass is 10.0. The van der Waals surface area contributed by atoms with Crippen LogP contribution in [-0.4, -0.2) is 44.1 Å². The molecule has 0 aromatic heterocycles. The average Bonchev–Trinajstić information content (AvgIpc) is 2.98. The van der Waals surface area contributed by atoms with Crippen LogP contribution in [0.4, 0.5) is 5.69 Å². The predicted octanol–water partition coefficient (Wildman–Crippen LogP) is 3.95. The molecule has 0 atom stereocenters. The number of rotatable bonds is 9. The molecule has 2 aromatic rings. The Balaban J connectivity index is 2.12. The van der Waals surface area contributed by atoms with E-state index >= 15 is 0 Å². The van der Waals surface area contributed by atoms with Gasteiger partial charge >= 0.3 is 0 Å². The minimum Gasteiger partial charge on any atom is -0.493 e. The van der Waals surface area contributed by atoms with Crippen molar-refractivity contribution in [3.8, 4) is 17.2 Å². The largest absolute Gasteiger partial charge is 0.493 e. The maximum atomic E-state index is 13.3. The Hall–Kier alpha value is -3.48. The SMILES string of the molecule is CCOc1ccccc1NC1=C(c2ccc(OC)c(OC)c2)C(=O)N(CC(C)C)C1=O. The number of para-hydroxylation sites is 2.